The molecule has 0 aromatic carbocycles. The van der Waals surface area contributed by atoms with Crippen molar-refractivity contribution < 1.29 is 9.47 Å². The van der Waals surface area contributed by atoms with Gasteiger partial charge in [0.1, 0.15) is 0 Å². The average molecular weight is 217 g/mol. The standard InChI is InChI=1S/C12H27NO2/c1-4-7-12(13-8-5-2)11-15-10-6-9-14-3/h12-13H,4-11H2,1-3H3. The van der Waals surface area contributed by atoms with E-state index in [1.807, 2.05) is 0 Å². The van der Waals surface area contributed by atoms with Crippen molar-refractivity contribution in [3.8, 4) is 0 Å². The van der Waals surface area contributed by atoms with Crippen molar-refractivity contribution in [2.75, 3.05) is 33.5 Å². The Balaban J connectivity index is 3.38. The monoisotopic (exact) mass is 217 g/mol. The zero-order valence-corrected chi connectivity index (χ0v) is 10.6. The van der Waals surface area contributed by atoms with Gasteiger partial charge >= 0.3 is 0 Å². The summed E-state index contributed by atoms with van der Waals surface area (Å²) in [6.45, 7) is 7.92. The van der Waals surface area contributed by atoms with Gasteiger partial charge in [-0.25, -0.2) is 0 Å². The van der Waals surface area contributed by atoms with E-state index in [0.29, 0.717) is 6.04 Å². The summed E-state index contributed by atoms with van der Waals surface area (Å²) in [5.74, 6) is 0. The summed E-state index contributed by atoms with van der Waals surface area (Å²) in [5, 5.41) is 3.50. The third kappa shape index (κ3) is 10.2. The Labute approximate surface area is 94.5 Å². The molecule has 0 aliphatic heterocycles. The molecule has 0 bridgehead atoms. The topological polar surface area (TPSA) is 30.5 Å². The minimum atomic E-state index is 0.525. The SMILES string of the molecule is CCCNC(CCC)COCCCOC. The van der Waals surface area contributed by atoms with Crippen molar-refractivity contribution in [2.24, 2.45) is 0 Å². The molecule has 0 aliphatic carbocycles. The third-order valence-electron chi connectivity index (χ3n) is 2.28. The predicted molar refractivity (Wildman–Crippen MR) is 64.3 cm³/mol. The van der Waals surface area contributed by atoms with Crippen LogP contribution in [0.3, 0.4) is 0 Å². The molecule has 0 aliphatic rings. The zero-order valence-electron chi connectivity index (χ0n) is 10.6. The number of hydrogen-bond donors (Lipinski definition) is 1. The molecule has 92 valence electrons. The molecule has 3 heteroatoms. The maximum absolute atomic E-state index is 5.60. The molecule has 0 amide bonds. The fourth-order valence-corrected chi connectivity index (χ4v) is 1.47. The van der Waals surface area contributed by atoms with Crippen molar-refractivity contribution in [1.82, 2.24) is 5.32 Å². The Bertz CT molecular complexity index is 120. The molecule has 0 rings (SSSR count). The second-order valence-corrected chi connectivity index (χ2v) is 3.86. The van der Waals surface area contributed by atoms with E-state index in [9.17, 15) is 0 Å². The van der Waals surface area contributed by atoms with Crippen LogP contribution in [0.15, 0.2) is 0 Å². The van der Waals surface area contributed by atoms with Crippen molar-refractivity contribution in [3.63, 3.8) is 0 Å². The zero-order chi connectivity index (χ0) is 11.4. The highest BCUT2D eigenvalue weighted by atomic mass is 16.5. The van der Waals surface area contributed by atoms with Crippen molar-refractivity contribution in [1.29, 1.82) is 0 Å². The van der Waals surface area contributed by atoms with Gasteiger partial charge in [-0.1, -0.05) is 20.3 Å². The van der Waals surface area contributed by atoms with Gasteiger partial charge in [0.05, 0.1) is 6.61 Å². The van der Waals surface area contributed by atoms with Crippen LogP contribution in [0.1, 0.15) is 39.5 Å². The lowest BCUT2D eigenvalue weighted by Crippen LogP contribution is -2.34. The minimum Gasteiger partial charge on any atom is -0.385 e. The molecule has 0 heterocycles. The molecule has 15 heavy (non-hydrogen) atoms. The van der Waals surface area contributed by atoms with Crippen molar-refractivity contribution in [2.45, 2.75) is 45.6 Å². The molecular formula is C12H27NO2. The highest BCUT2D eigenvalue weighted by Crippen LogP contribution is 1.98. The summed E-state index contributed by atoms with van der Waals surface area (Å²) in [7, 11) is 1.72. The Kier molecular flexibility index (Phi) is 11.9. The van der Waals surface area contributed by atoms with Crippen LogP contribution in [0.25, 0.3) is 0 Å². The van der Waals surface area contributed by atoms with Gasteiger partial charge in [-0.2, -0.15) is 0 Å². The maximum atomic E-state index is 5.60. The Hall–Kier alpha value is -0.120. The summed E-state index contributed by atoms with van der Waals surface area (Å²) in [5.41, 5.74) is 0. The summed E-state index contributed by atoms with van der Waals surface area (Å²) in [6, 6.07) is 0.525. The summed E-state index contributed by atoms with van der Waals surface area (Å²) in [6.07, 6.45) is 4.58. The second kappa shape index (κ2) is 12.0. The maximum Gasteiger partial charge on any atom is 0.0619 e. The van der Waals surface area contributed by atoms with Crippen LogP contribution >= 0.6 is 0 Å². The highest BCUT2D eigenvalue weighted by Gasteiger charge is 2.05. The first kappa shape index (κ1) is 14.9. The lowest BCUT2D eigenvalue weighted by Gasteiger charge is -2.17. The van der Waals surface area contributed by atoms with Crippen molar-refractivity contribution in [3.05, 3.63) is 0 Å². The quantitative estimate of drug-likeness (QED) is 0.538. The van der Waals surface area contributed by atoms with E-state index in [1.54, 1.807) is 7.11 Å². The summed E-state index contributed by atoms with van der Waals surface area (Å²) < 4.78 is 10.6. The first-order valence-electron chi connectivity index (χ1n) is 6.15. The molecule has 1 N–H and O–H groups in total. The number of ether oxygens (including phenoxy) is 2. The largest absolute Gasteiger partial charge is 0.385 e. The molecule has 0 spiro atoms. The first-order valence-corrected chi connectivity index (χ1v) is 6.15. The van der Waals surface area contributed by atoms with Crippen LogP contribution in [0.2, 0.25) is 0 Å². The van der Waals surface area contributed by atoms with Crippen LogP contribution in [0.4, 0.5) is 0 Å². The predicted octanol–water partition coefficient (Wildman–Crippen LogP) is 2.21. The van der Waals surface area contributed by atoms with Crippen LogP contribution in [0.5, 0.6) is 0 Å². The fourth-order valence-electron chi connectivity index (χ4n) is 1.47. The number of rotatable bonds is 11. The number of methoxy groups -OCH3 is 1. The van der Waals surface area contributed by atoms with Gasteiger partial charge in [-0.3, -0.25) is 0 Å². The average Bonchev–Trinajstić information content (AvgIpc) is 2.25. The van der Waals surface area contributed by atoms with Gasteiger partial charge in [0.25, 0.3) is 0 Å². The molecule has 3 nitrogen and oxygen atoms in total. The van der Waals surface area contributed by atoms with E-state index in [-0.39, 0.29) is 0 Å². The van der Waals surface area contributed by atoms with Gasteiger partial charge in [-0.05, 0) is 25.8 Å². The van der Waals surface area contributed by atoms with E-state index in [2.05, 4.69) is 19.2 Å². The molecule has 1 atom stereocenters. The summed E-state index contributed by atoms with van der Waals surface area (Å²) in [4.78, 5) is 0. The van der Waals surface area contributed by atoms with Gasteiger partial charge in [-0.15, -0.1) is 0 Å². The van der Waals surface area contributed by atoms with Gasteiger partial charge in [0.2, 0.25) is 0 Å². The lowest BCUT2D eigenvalue weighted by molar-refractivity contribution is 0.0857. The van der Waals surface area contributed by atoms with Crippen LogP contribution in [0, 0.1) is 0 Å². The molecular weight excluding hydrogens is 190 g/mol. The summed E-state index contributed by atoms with van der Waals surface area (Å²) >= 11 is 0. The van der Waals surface area contributed by atoms with E-state index in [0.717, 1.165) is 32.8 Å². The van der Waals surface area contributed by atoms with Gasteiger partial charge in [0, 0.05) is 26.4 Å². The number of hydrogen-bond acceptors (Lipinski definition) is 3. The van der Waals surface area contributed by atoms with E-state index in [4.69, 9.17) is 9.47 Å². The smallest absolute Gasteiger partial charge is 0.0619 e. The minimum absolute atomic E-state index is 0.525. The third-order valence-corrected chi connectivity index (χ3v) is 2.28. The molecule has 1 unspecified atom stereocenters. The first-order chi connectivity index (χ1) is 7.35. The van der Waals surface area contributed by atoms with E-state index < -0.39 is 0 Å². The molecule has 0 aromatic heterocycles. The molecule has 0 radical (unpaired) electrons. The number of nitrogens with one attached hydrogen (secondary N) is 1. The van der Waals surface area contributed by atoms with Gasteiger partial charge < -0.3 is 14.8 Å². The highest BCUT2D eigenvalue weighted by molar-refractivity contribution is 4.64. The Morgan fingerprint density at radius 2 is 1.93 bits per heavy atom. The van der Waals surface area contributed by atoms with E-state index in [1.165, 1.54) is 19.3 Å². The lowest BCUT2D eigenvalue weighted by atomic mass is 10.2. The molecule has 0 aromatic rings. The van der Waals surface area contributed by atoms with Crippen molar-refractivity contribution >= 4 is 0 Å². The van der Waals surface area contributed by atoms with Crippen LogP contribution in [-0.4, -0.2) is 39.5 Å². The van der Waals surface area contributed by atoms with Gasteiger partial charge in [0.15, 0.2) is 0 Å². The second-order valence-electron chi connectivity index (χ2n) is 3.86. The Morgan fingerprint density at radius 1 is 1.13 bits per heavy atom. The normalized spacial score (nSPS) is 13.0. The van der Waals surface area contributed by atoms with Crippen LogP contribution < -0.4 is 5.32 Å². The molecule has 0 fully saturated rings. The Morgan fingerprint density at radius 3 is 2.53 bits per heavy atom. The van der Waals surface area contributed by atoms with Crippen LogP contribution in [-0.2, 0) is 9.47 Å². The molecule has 0 saturated carbocycles. The molecule has 0 saturated heterocycles. The fraction of sp³-hybridized carbons (Fsp3) is 1.00. The van der Waals surface area contributed by atoms with E-state index >= 15 is 0 Å².